The maximum Gasteiger partial charge on any atom is 0.273 e. The Balaban J connectivity index is 1.49. The Morgan fingerprint density at radius 3 is 2.56 bits per heavy atom. The van der Waals surface area contributed by atoms with Gasteiger partial charge in [0.2, 0.25) is 10.0 Å². The average Bonchev–Trinajstić information content (AvgIpc) is 3.22. The second-order valence-electron chi connectivity index (χ2n) is 8.19. The lowest BCUT2D eigenvalue weighted by Gasteiger charge is -2.25. The number of nitrogens with zero attached hydrogens (tertiary/aromatic N) is 4. The van der Waals surface area contributed by atoms with E-state index in [1.165, 1.54) is 51.7 Å². The van der Waals surface area contributed by atoms with Crippen LogP contribution in [0.4, 0.5) is 8.78 Å². The van der Waals surface area contributed by atoms with E-state index in [0.717, 1.165) is 6.07 Å². The van der Waals surface area contributed by atoms with Gasteiger partial charge in [-0.15, -0.1) is 0 Å². The van der Waals surface area contributed by atoms with E-state index in [-0.39, 0.29) is 48.0 Å². The maximum atomic E-state index is 14.1. The average molecular weight is 514 g/mol. The summed E-state index contributed by atoms with van der Waals surface area (Å²) in [5.74, 6) is -1.39. The van der Waals surface area contributed by atoms with Crippen LogP contribution in [0.15, 0.2) is 59.8 Å². The molecule has 36 heavy (non-hydrogen) atoms. The highest BCUT2D eigenvalue weighted by atomic mass is 32.2. The maximum absolute atomic E-state index is 14.1. The summed E-state index contributed by atoms with van der Waals surface area (Å²) in [6, 6.07) is 9.46. The first-order chi connectivity index (χ1) is 17.2. The Bertz CT molecular complexity index is 1580. The lowest BCUT2D eigenvalue weighted by molar-refractivity contribution is 0.0730. The monoisotopic (exact) mass is 513 g/mol. The van der Waals surface area contributed by atoms with Crippen LogP contribution in [-0.4, -0.2) is 59.6 Å². The van der Waals surface area contributed by atoms with Crippen molar-refractivity contribution in [3.05, 3.63) is 77.8 Å². The molecule has 0 bridgehead atoms. The quantitative estimate of drug-likeness (QED) is 0.440. The van der Waals surface area contributed by atoms with Crippen molar-refractivity contribution >= 4 is 26.8 Å². The summed E-state index contributed by atoms with van der Waals surface area (Å²) in [7, 11) is -3.97. The lowest BCUT2D eigenvalue weighted by atomic mass is 10.2. The minimum Gasteiger partial charge on any atom is -0.379 e. The number of benzene rings is 2. The van der Waals surface area contributed by atoms with Gasteiger partial charge in [-0.05, 0) is 37.3 Å². The van der Waals surface area contributed by atoms with Crippen molar-refractivity contribution in [3.8, 4) is 11.4 Å². The van der Waals surface area contributed by atoms with Crippen molar-refractivity contribution in [1.29, 1.82) is 0 Å². The van der Waals surface area contributed by atoms with E-state index >= 15 is 0 Å². The molecule has 186 valence electrons. The summed E-state index contributed by atoms with van der Waals surface area (Å²) in [5, 5.41) is 0.135. The first-order valence-corrected chi connectivity index (χ1v) is 12.5. The van der Waals surface area contributed by atoms with Gasteiger partial charge in [0, 0.05) is 36.4 Å². The molecule has 0 radical (unpaired) electrons. The molecule has 1 fully saturated rings. The Kier molecular flexibility index (Phi) is 6.24. The third-order valence-corrected chi connectivity index (χ3v) is 7.77. The molecular weight excluding hydrogens is 492 g/mol. The molecule has 0 spiro atoms. The second-order valence-corrected chi connectivity index (χ2v) is 10.1. The number of carbonyl (C=O) groups is 1. The third-order valence-electron chi connectivity index (χ3n) is 5.85. The molecule has 3 heterocycles. The minimum absolute atomic E-state index is 0.131. The van der Waals surface area contributed by atoms with Crippen molar-refractivity contribution in [2.75, 3.05) is 31.7 Å². The molecule has 0 atom stereocenters. The molecule has 1 aliphatic heterocycles. The highest BCUT2D eigenvalue weighted by Crippen LogP contribution is 2.29. The SMILES string of the molecule is Cc1nc(-c2cccc(F)c2)ncc1C(=O)Nn1cc(S(=O)(=O)N2CCOCC2)c2cc(F)ccc21. The predicted molar refractivity (Wildman–Crippen MR) is 127 cm³/mol. The van der Waals surface area contributed by atoms with Gasteiger partial charge in [0.1, 0.15) is 16.5 Å². The molecule has 0 aliphatic carbocycles. The fourth-order valence-electron chi connectivity index (χ4n) is 4.02. The molecule has 1 N–H and O–H groups in total. The molecule has 5 rings (SSSR count). The van der Waals surface area contributed by atoms with Crippen LogP contribution < -0.4 is 5.43 Å². The Morgan fingerprint density at radius 1 is 1.08 bits per heavy atom. The third kappa shape index (κ3) is 4.45. The zero-order chi connectivity index (χ0) is 25.4. The summed E-state index contributed by atoms with van der Waals surface area (Å²) in [4.78, 5) is 21.5. The first kappa shape index (κ1) is 24.0. The van der Waals surface area contributed by atoms with E-state index in [1.807, 2.05) is 0 Å². The molecule has 0 unspecified atom stereocenters. The summed E-state index contributed by atoms with van der Waals surface area (Å²) < 4.78 is 62.0. The molecule has 1 saturated heterocycles. The number of hydrogen-bond acceptors (Lipinski definition) is 6. The Morgan fingerprint density at radius 2 is 1.83 bits per heavy atom. The summed E-state index contributed by atoms with van der Waals surface area (Å²) in [5.41, 5.74) is 3.86. The molecular formula is C24H21F2N5O4S. The molecule has 2 aromatic heterocycles. The predicted octanol–water partition coefficient (Wildman–Crippen LogP) is 3.09. The molecule has 2 aromatic carbocycles. The number of aryl methyl sites for hydroxylation is 1. The van der Waals surface area contributed by atoms with Crippen LogP contribution in [0.3, 0.4) is 0 Å². The van der Waals surface area contributed by atoms with E-state index in [9.17, 15) is 22.0 Å². The van der Waals surface area contributed by atoms with Gasteiger partial charge >= 0.3 is 0 Å². The van der Waals surface area contributed by atoms with Gasteiger partial charge in [-0.1, -0.05) is 12.1 Å². The van der Waals surface area contributed by atoms with Gasteiger partial charge in [-0.25, -0.2) is 27.2 Å². The number of amides is 1. The zero-order valence-electron chi connectivity index (χ0n) is 19.1. The van der Waals surface area contributed by atoms with E-state index in [2.05, 4.69) is 15.4 Å². The van der Waals surface area contributed by atoms with E-state index in [4.69, 9.17) is 4.74 Å². The van der Waals surface area contributed by atoms with Gasteiger partial charge in [-0.3, -0.25) is 14.9 Å². The minimum atomic E-state index is -3.97. The number of nitrogens with one attached hydrogen (secondary N) is 1. The number of aromatic nitrogens is 3. The summed E-state index contributed by atoms with van der Waals surface area (Å²) in [6.07, 6.45) is 2.57. The molecule has 12 heteroatoms. The van der Waals surface area contributed by atoms with Crippen LogP contribution in [0.25, 0.3) is 22.3 Å². The fraction of sp³-hybridized carbons (Fsp3) is 0.208. The van der Waals surface area contributed by atoms with Gasteiger partial charge in [0.05, 0.1) is 30.0 Å². The van der Waals surface area contributed by atoms with Crippen molar-refractivity contribution < 1.29 is 26.7 Å². The number of carbonyl (C=O) groups excluding carboxylic acids is 1. The smallest absolute Gasteiger partial charge is 0.273 e. The van der Waals surface area contributed by atoms with Crippen LogP contribution in [0.5, 0.6) is 0 Å². The highest BCUT2D eigenvalue weighted by molar-refractivity contribution is 7.89. The van der Waals surface area contributed by atoms with Crippen LogP contribution in [0.2, 0.25) is 0 Å². The van der Waals surface area contributed by atoms with Crippen molar-refractivity contribution in [2.45, 2.75) is 11.8 Å². The van der Waals surface area contributed by atoms with Crippen molar-refractivity contribution in [2.24, 2.45) is 0 Å². The highest BCUT2D eigenvalue weighted by Gasteiger charge is 2.30. The molecule has 1 amide bonds. The largest absolute Gasteiger partial charge is 0.379 e. The van der Waals surface area contributed by atoms with Crippen molar-refractivity contribution in [3.63, 3.8) is 0 Å². The van der Waals surface area contributed by atoms with Crippen LogP contribution in [0.1, 0.15) is 16.1 Å². The number of hydrogen-bond donors (Lipinski definition) is 1. The van der Waals surface area contributed by atoms with E-state index < -0.39 is 27.6 Å². The standard InChI is InChI=1S/C24H21F2N5O4S/c1-15-20(13-27-23(28-15)16-3-2-4-17(25)11-16)24(32)29-31-14-22(19-12-18(26)5-6-21(19)31)36(33,34)30-7-9-35-10-8-30/h2-6,11-14H,7-10H2,1H3,(H,29,32). The molecule has 9 nitrogen and oxygen atoms in total. The lowest BCUT2D eigenvalue weighted by Crippen LogP contribution is -2.40. The number of fused-ring (bicyclic) bond motifs is 1. The number of ether oxygens (including phenoxy) is 1. The fourth-order valence-corrected chi connectivity index (χ4v) is 5.61. The van der Waals surface area contributed by atoms with Gasteiger partial charge in [0.15, 0.2) is 5.82 Å². The van der Waals surface area contributed by atoms with Gasteiger partial charge in [-0.2, -0.15) is 4.31 Å². The summed E-state index contributed by atoms with van der Waals surface area (Å²) in [6.45, 7) is 2.47. The number of halogens is 2. The first-order valence-electron chi connectivity index (χ1n) is 11.0. The van der Waals surface area contributed by atoms with E-state index in [0.29, 0.717) is 16.8 Å². The van der Waals surface area contributed by atoms with Crippen molar-refractivity contribution in [1.82, 2.24) is 18.9 Å². The Hall–Kier alpha value is -3.74. The van der Waals surface area contributed by atoms with Gasteiger partial charge in [0.25, 0.3) is 5.91 Å². The molecule has 0 saturated carbocycles. The molecule has 1 aliphatic rings. The Labute approximate surface area is 205 Å². The number of sulfonamides is 1. The van der Waals surface area contributed by atoms with Crippen LogP contribution >= 0.6 is 0 Å². The normalized spacial score (nSPS) is 14.8. The molecule has 4 aromatic rings. The van der Waals surface area contributed by atoms with Gasteiger partial charge < -0.3 is 4.74 Å². The summed E-state index contributed by atoms with van der Waals surface area (Å²) >= 11 is 0. The van der Waals surface area contributed by atoms with Crippen LogP contribution in [-0.2, 0) is 14.8 Å². The topological polar surface area (TPSA) is 106 Å². The van der Waals surface area contributed by atoms with Crippen LogP contribution in [0, 0.1) is 18.6 Å². The zero-order valence-corrected chi connectivity index (χ0v) is 19.9. The number of morpholine rings is 1. The van der Waals surface area contributed by atoms with E-state index in [1.54, 1.807) is 13.0 Å². The number of rotatable bonds is 5. The second kappa shape index (κ2) is 9.37.